The van der Waals surface area contributed by atoms with Gasteiger partial charge in [-0.1, -0.05) is 6.92 Å². The van der Waals surface area contributed by atoms with Crippen LogP contribution < -0.4 is 0 Å². The maximum Gasteiger partial charge on any atom is 0.500 e. The van der Waals surface area contributed by atoms with Gasteiger partial charge in [0.05, 0.1) is 0 Å². The minimum absolute atomic E-state index is 0.626. The topological polar surface area (TPSA) is 27.7 Å². The third-order valence-electron chi connectivity index (χ3n) is 1.82. The van der Waals surface area contributed by atoms with Crippen LogP contribution in [0.5, 0.6) is 0 Å². The van der Waals surface area contributed by atoms with Gasteiger partial charge in [0.2, 0.25) is 0 Å². The van der Waals surface area contributed by atoms with Crippen LogP contribution in [0.2, 0.25) is 6.04 Å². The third-order valence-corrected chi connectivity index (χ3v) is 5.05. The van der Waals surface area contributed by atoms with Crippen molar-refractivity contribution in [3.05, 3.63) is 0 Å². The molecule has 14 heavy (non-hydrogen) atoms. The Morgan fingerprint density at radius 3 is 2.36 bits per heavy atom. The highest BCUT2D eigenvalue weighted by molar-refractivity contribution is 6.60. The third kappa shape index (κ3) is 5.31. The molecule has 0 aromatic heterocycles. The summed E-state index contributed by atoms with van der Waals surface area (Å²) in [4.78, 5) is 0. The van der Waals surface area contributed by atoms with Crippen molar-refractivity contribution in [3.8, 4) is 0 Å². The Morgan fingerprint density at radius 1 is 1.21 bits per heavy atom. The second-order valence-corrected chi connectivity index (χ2v) is 6.19. The maximum atomic E-state index is 5.71. The van der Waals surface area contributed by atoms with Crippen molar-refractivity contribution in [1.29, 1.82) is 0 Å². The van der Waals surface area contributed by atoms with Crippen LogP contribution in [0.15, 0.2) is 0 Å². The zero-order valence-corrected chi connectivity index (χ0v) is 11.1. The molecule has 0 saturated heterocycles. The van der Waals surface area contributed by atoms with Gasteiger partial charge in [0.15, 0.2) is 0 Å². The van der Waals surface area contributed by atoms with Gasteiger partial charge in [-0.05, 0) is 19.8 Å². The molecule has 0 aromatic carbocycles. The molecule has 0 aromatic rings. The Morgan fingerprint density at radius 2 is 1.93 bits per heavy atom. The van der Waals surface area contributed by atoms with E-state index in [1.807, 2.05) is 6.92 Å². The summed E-state index contributed by atoms with van der Waals surface area (Å²) in [6, 6.07) is 0.806. The lowest BCUT2D eigenvalue weighted by atomic mass is 10.5. The van der Waals surface area contributed by atoms with Gasteiger partial charge in [-0.2, -0.15) is 0 Å². The van der Waals surface area contributed by atoms with Crippen LogP contribution in [0.1, 0.15) is 26.7 Å². The van der Waals surface area contributed by atoms with E-state index in [9.17, 15) is 0 Å². The lowest BCUT2D eigenvalue weighted by Crippen LogP contribution is -2.45. The first-order valence-electron chi connectivity index (χ1n) is 5.13. The average Bonchev–Trinajstić information content (AvgIpc) is 2.22. The molecule has 0 aliphatic carbocycles. The number of alkyl halides is 1. The zero-order valence-electron chi connectivity index (χ0n) is 9.35. The molecular weight excluding hydrogens is 220 g/mol. The van der Waals surface area contributed by atoms with Gasteiger partial charge in [-0.25, -0.2) is 0 Å². The molecule has 86 valence electrons. The number of hydrogen-bond acceptors (Lipinski definition) is 3. The molecular formula is C9H21ClO3Si. The molecule has 0 bridgehead atoms. The first-order chi connectivity index (χ1) is 6.74. The monoisotopic (exact) mass is 240 g/mol. The van der Waals surface area contributed by atoms with E-state index in [-0.39, 0.29) is 0 Å². The van der Waals surface area contributed by atoms with Crippen LogP contribution in [0.4, 0.5) is 0 Å². The summed E-state index contributed by atoms with van der Waals surface area (Å²) >= 11 is 5.65. The van der Waals surface area contributed by atoms with Gasteiger partial charge >= 0.3 is 8.80 Å². The van der Waals surface area contributed by atoms with E-state index in [2.05, 4.69) is 6.92 Å². The Hall–Kier alpha value is 0.387. The summed E-state index contributed by atoms with van der Waals surface area (Å²) in [7, 11) is -0.737. The zero-order chi connectivity index (χ0) is 10.9. The molecule has 3 nitrogen and oxygen atoms in total. The smallest absolute Gasteiger partial charge is 0.377 e. The second-order valence-electron chi connectivity index (χ2n) is 2.96. The summed E-state index contributed by atoms with van der Waals surface area (Å²) in [6.07, 6.45) is 1.86. The van der Waals surface area contributed by atoms with Crippen molar-refractivity contribution in [2.24, 2.45) is 0 Å². The number of rotatable bonds is 9. The molecule has 0 saturated carbocycles. The standard InChI is InChI=1S/C9H21ClO3Si/c1-4-8-13-14(11-3,12-5-2)9-6-7-10/h4-9H2,1-3H3. The minimum Gasteiger partial charge on any atom is -0.377 e. The molecule has 1 atom stereocenters. The molecule has 0 heterocycles. The summed E-state index contributed by atoms with van der Waals surface area (Å²) in [5, 5.41) is 0. The highest BCUT2D eigenvalue weighted by Crippen LogP contribution is 2.17. The van der Waals surface area contributed by atoms with Crippen molar-refractivity contribution < 1.29 is 13.3 Å². The fourth-order valence-corrected chi connectivity index (χ4v) is 3.90. The maximum absolute atomic E-state index is 5.71. The van der Waals surface area contributed by atoms with Crippen molar-refractivity contribution in [3.63, 3.8) is 0 Å². The molecule has 0 aliphatic rings. The minimum atomic E-state index is -2.40. The molecule has 0 aliphatic heterocycles. The van der Waals surface area contributed by atoms with Crippen LogP contribution in [0, 0.1) is 0 Å². The van der Waals surface area contributed by atoms with E-state index in [4.69, 9.17) is 24.9 Å². The lowest BCUT2D eigenvalue weighted by Gasteiger charge is -2.27. The van der Waals surface area contributed by atoms with Crippen molar-refractivity contribution in [2.75, 3.05) is 26.2 Å². The largest absolute Gasteiger partial charge is 0.500 e. The highest BCUT2D eigenvalue weighted by Gasteiger charge is 2.38. The second kappa shape index (κ2) is 8.68. The van der Waals surface area contributed by atoms with Crippen molar-refractivity contribution in [2.45, 2.75) is 32.7 Å². The van der Waals surface area contributed by atoms with E-state index < -0.39 is 8.80 Å². The first-order valence-corrected chi connectivity index (χ1v) is 7.60. The molecule has 0 N–H and O–H groups in total. The molecule has 5 heteroatoms. The van der Waals surface area contributed by atoms with Gasteiger partial charge in [-0.3, -0.25) is 0 Å². The summed E-state index contributed by atoms with van der Waals surface area (Å²) in [5.74, 6) is 0.626. The van der Waals surface area contributed by atoms with Gasteiger partial charge in [0.25, 0.3) is 0 Å². The van der Waals surface area contributed by atoms with Gasteiger partial charge in [0.1, 0.15) is 0 Å². The molecule has 0 amide bonds. The Kier molecular flexibility index (Phi) is 8.92. The fourth-order valence-electron chi connectivity index (χ4n) is 1.17. The molecule has 0 rings (SSSR count). The normalized spacial score (nSPS) is 15.4. The molecule has 0 radical (unpaired) electrons. The first kappa shape index (κ1) is 14.4. The van der Waals surface area contributed by atoms with E-state index in [0.717, 1.165) is 18.9 Å². The van der Waals surface area contributed by atoms with Crippen molar-refractivity contribution >= 4 is 20.4 Å². The van der Waals surface area contributed by atoms with E-state index in [1.54, 1.807) is 7.11 Å². The van der Waals surface area contributed by atoms with Gasteiger partial charge < -0.3 is 13.3 Å². The predicted molar refractivity (Wildman–Crippen MR) is 60.8 cm³/mol. The van der Waals surface area contributed by atoms with Crippen LogP contribution in [0.25, 0.3) is 0 Å². The number of halogens is 1. The molecule has 1 unspecified atom stereocenters. The SMILES string of the molecule is CCCO[Si](CCCCl)(OC)OCC. The fraction of sp³-hybridized carbons (Fsp3) is 1.00. The number of hydrogen-bond donors (Lipinski definition) is 0. The summed E-state index contributed by atoms with van der Waals surface area (Å²) in [6.45, 7) is 5.35. The van der Waals surface area contributed by atoms with Crippen LogP contribution in [0.3, 0.4) is 0 Å². The van der Waals surface area contributed by atoms with E-state index >= 15 is 0 Å². The Bertz CT molecular complexity index is 127. The van der Waals surface area contributed by atoms with Crippen LogP contribution in [-0.4, -0.2) is 35.0 Å². The Balaban J connectivity index is 4.11. The van der Waals surface area contributed by atoms with Crippen LogP contribution in [-0.2, 0) is 13.3 Å². The van der Waals surface area contributed by atoms with Crippen LogP contribution >= 0.6 is 11.6 Å². The average molecular weight is 241 g/mol. The lowest BCUT2D eigenvalue weighted by molar-refractivity contribution is 0.0818. The summed E-state index contributed by atoms with van der Waals surface area (Å²) in [5.41, 5.74) is 0. The van der Waals surface area contributed by atoms with Crippen molar-refractivity contribution in [1.82, 2.24) is 0 Å². The van der Waals surface area contributed by atoms with Gasteiger partial charge in [-0.15, -0.1) is 11.6 Å². The summed E-state index contributed by atoms with van der Waals surface area (Å²) < 4.78 is 16.7. The van der Waals surface area contributed by atoms with E-state index in [1.165, 1.54) is 0 Å². The highest BCUT2D eigenvalue weighted by atomic mass is 35.5. The molecule has 0 fully saturated rings. The van der Waals surface area contributed by atoms with E-state index in [0.29, 0.717) is 19.1 Å². The Labute approximate surface area is 93.1 Å². The molecule has 0 spiro atoms. The van der Waals surface area contributed by atoms with Gasteiger partial charge in [0, 0.05) is 32.2 Å². The predicted octanol–water partition coefficient (Wildman–Crippen LogP) is 2.66. The quantitative estimate of drug-likeness (QED) is 0.458.